The highest BCUT2D eigenvalue weighted by Gasteiger charge is 2.08. The number of carbonyl (C=O) groups excluding carboxylic acids is 1. The topological polar surface area (TPSA) is 26.3 Å². The minimum atomic E-state index is -2.60. The molecule has 0 N–H and O–H groups in total. The minimum Gasteiger partial charge on any atom is -0.469 e. The van der Waals surface area contributed by atoms with Gasteiger partial charge in [-0.25, -0.2) is 0 Å². The minimum absolute atomic E-state index is 0.338. The molecule has 48 valence electrons. The van der Waals surface area contributed by atoms with Crippen LogP contribution in [0.1, 0.15) is 24.4 Å². The molecule has 2 heteroatoms. The van der Waals surface area contributed by atoms with Crippen molar-refractivity contribution in [2.75, 3.05) is 7.04 Å². The van der Waals surface area contributed by atoms with Crippen molar-refractivity contribution in [2.24, 2.45) is 5.92 Å². The molecule has 0 aromatic rings. The van der Waals surface area contributed by atoms with Crippen molar-refractivity contribution in [2.45, 2.75) is 20.3 Å². The largest absolute Gasteiger partial charge is 0.469 e. The maximum Gasteiger partial charge on any atom is 0.308 e. The fourth-order valence-electron chi connectivity index (χ4n) is 0.267. The van der Waals surface area contributed by atoms with E-state index in [1.165, 1.54) is 0 Å². The lowest BCUT2D eigenvalue weighted by atomic mass is 10.1. The van der Waals surface area contributed by atoms with Gasteiger partial charge in [0.2, 0.25) is 0 Å². The van der Waals surface area contributed by atoms with Gasteiger partial charge in [0.15, 0.2) is 0 Å². The van der Waals surface area contributed by atoms with E-state index in [4.69, 9.17) is 4.11 Å². The molecule has 0 fully saturated rings. The Morgan fingerprint density at radius 1 is 2.00 bits per heavy atom. The molecule has 0 saturated carbocycles. The number of hydrogen-bond acceptors (Lipinski definition) is 2. The van der Waals surface area contributed by atoms with Crippen LogP contribution >= 0.6 is 0 Å². The summed E-state index contributed by atoms with van der Waals surface area (Å²) in [5.41, 5.74) is 0. The fraction of sp³-hybridized carbons (Fsp3) is 0.833. The summed E-state index contributed by atoms with van der Waals surface area (Å²) >= 11 is 0. The predicted molar refractivity (Wildman–Crippen MR) is 31.5 cm³/mol. The molecule has 0 amide bonds. The third kappa shape index (κ3) is 1.96. The molecule has 0 radical (unpaired) electrons. The fourth-order valence-corrected chi connectivity index (χ4v) is 0.267. The molecule has 0 aliphatic heterocycles. The molecule has 2 nitrogen and oxygen atoms in total. The molecule has 0 spiro atoms. The molecular formula is C6H12O2. The van der Waals surface area contributed by atoms with Crippen LogP contribution in [0, 0.1) is 5.92 Å². The number of hydrogen-bond donors (Lipinski definition) is 0. The predicted octanol–water partition coefficient (Wildman–Crippen LogP) is 1.21. The highest BCUT2D eigenvalue weighted by atomic mass is 16.5. The van der Waals surface area contributed by atoms with E-state index in [9.17, 15) is 4.79 Å². The van der Waals surface area contributed by atoms with Gasteiger partial charge < -0.3 is 4.74 Å². The van der Waals surface area contributed by atoms with E-state index in [1.54, 1.807) is 13.8 Å². The van der Waals surface area contributed by atoms with Crippen LogP contribution in [0.15, 0.2) is 0 Å². The van der Waals surface area contributed by atoms with E-state index in [2.05, 4.69) is 4.74 Å². The summed E-state index contributed by atoms with van der Waals surface area (Å²) in [4.78, 5) is 10.8. The van der Waals surface area contributed by atoms with Crippen LogP contribution in [0.25, 0.3) is 0 Å². The Morgan fingerprint density at radius 2 is 2.62 bits per heavy atom. The summed E-state index contributed by atoms with van der Waals surface area (Å²) in [6, 6.07) is 0. The summed E-state index contributed by atoms with van der Waals surface area (Å²) in [6.07, 6.45) is 0.592. The molecule has 0 aliphatic rings. The maximum atomic E-state index is 10.8. The maximum absolute atomic E-state index is 10.8. The lowest BCUT2D eigenvalue weighted by Crippen LogP contribution is -2.10. The van der Waals surface area contributed by atoms with Crippen LogP contribution in [0.5, 0.6) is 0 Å². The van der Waals surface area contributed by atoms with E-state index in [0.717, 1.165) is 0 Å². The first kappa shape index (κ1) is 3.49. The smallest absolute Gasteiger partial charge is 0.308 e. The zero-order valence-electron chi connectivity index (χ0n) is 8.10. The van der Waals surface area contributed by atoms with Gasteiger partial charge in [0.1, 0.15) is 0 Å². The monoisotopic (exact) mass is 119 g/mol. The highest BCUT2D eigenvalue weighted by Crippen LogP contribution is 2.00. The summed E-state index contributed by atoms with van der Waals surface area (Å²) in [5.74, 6) is -0.997. The third-order valence-corrected chi connectivity index (χ3v) is 1.12. The van der Waals surface area contributed by atoms with E-state index in [-0.39, 0.29) is 5.92 Å². The van der Waals surface area contributed by atoms with Gasteiger partial charge in [0.05, 0.1) is 17.1 Å². The molecule has 0 rings (SSSR count). The molecule has 0 heterocycles. The van der Waals surface area contributed by atoms with Crippen molar-refractivity contribution in [1.29, 1.82) is 0 Å². The van der Waals surface area contributed by atoms with E-state index < -0.39 is 13.0 Å². The molecule has 1 atom stereocenters. The standard InChI is InChI=1S/C6H12O2/c1-4-5(2)6(7)8-3/h5H,4H2,1-3H3/i3D3. The molecular weight excluding hydrogens is 104 g/mol. The number of rotatable bonds is 2. The first-order valence-electron chi connectivity index (χ1n) is 4.09. The first-order valence-corrected chi connectivity index (χ1v) is 2.59. The van der Waals surface area contributed by atoms with Gasteiger partial charge in [0.25, 0.3) is 0 Å². The highest BCUT2D eigenvalue weighted by molar-refractivity contribution is 5.71. The summed E-state index contributed by atoms with van der Waals surface area (Å²) in [7, 11) is -2.60. The first-order chi connectivity index (χ1) is 4.87. The SMILES string of the molecule is [2H]C([2H])([2H])OC(=O)C(C)CC. The number of ether oxygens (including phenoxy) is 1. The van der Waals surface area contributed by atoms with Gasteiger partial charge in [-0.1, -0.05) is 13.8 Å². The zero-order chi connectivity index (χ0) is 9.07. The van der Waals surface area contributed by atoms with Gasteiger partial charge in [-0.15, -0.1) is 0 Å². The normalized spacial score (nSPS) is 20.0. The molecule has 1 unspecified atom stereocenters. The average Bonchev–Trinajstić information content (AvgIpc) is 1.82. The second-order valence-corrected chi connectivity index (χ2v) is 1.73. The van der Waals surface area contributed by atoms with Crippen molar-refractivity contribution in [3.05, 3.63) is 0 Å². The Labute approximate surface area is 54.1 Å². The van der Waals surface area contributed by atoms with Crippen molar-refractivity contribution in [3.8, 4) is 0 Å². The number of esters is 1. The van der Waals surface area contributed by atoms with Crippen molar-refractivity contribution < 1.29 is 13.6 Å². The molecule has 0 bridgehead atoms. The Bertz CT molecular complexity index is 141. The van der Waals surface area contributed by atoms with E-state index in [1.807, 2.05) is 0 Å². The Balaban J connectivity index is 3.88. The Morgan fingerprint density at radius 3 is 3.00 bits per heavy atom. The molecule has 0 aliphatic carbocycles. The Kier molecular flexibility index (Phi) is 1.51. The Hall–Kier alpha value is -0.530. The molecule has 0 saturated heterocycles. The van der Waals surface area contributed by atoms with Crippen molar-refractivity contribution in [3.63, 3.8) is 0 Å². The molecule has 0 aromatic heterocycles. The van der Waals surface area contributed by atoms with Gasteiger partial charge in [-0.2, -0.15) is 0 Å². The second-order valence-electron chi connectivity index (χ2n) is 1.73. The van der Waals surface area contributed by atoms with Gasteiger partial charge in [-0.05, 0) is 6.42 Å². The van der Waals surface area contributed by atoms with Crippen LogP contribution < -0.4 is 0 Å². The van der Waals surface area contributed by atoms with Crippen molar-refractivity contribution in [1.82, 2.24) is 0 Å². The van der Waals surface area contributed by atoms with Gasteiger partial charge in [0, 0.05) is 0 Å². The summed E-state index contributed by atoms with van der Waals surface area (Å²) in [6.45, 7) is 3.43. The molecule has 8 heavy (non-hydrogen) atoms. The lowest BCUT2D eigenvalue weighted by Gasteiger charge is -2.02. The van der Waals surface area contributed by atoms with E-state index >= 15 is 0 Å². The summed E-state index contributed by atoms with van der Waals surface area (Å²) < 4.78 is 24.0. The molecule has 0 aromatic carbocycles. The van der Waals surface area contributed by atoms with Gasteiger partial charge in [-0.3, -0.25) is 4.79 Å². The zero-order valence-corrected chi connectivity index (χ0v) is 5.10. The van der Waals surface area contributed by atoms with Crippen LogP contribution in [0.4, 0.5) is 0 Å². The van der Waals surface area contributed by atoms with E-state index in [0.29, 0.717) is 6.42 Å². The third-order valence-electron chi connectivity index (χ3n) is 1.12. The van der Waals surface area contributed by atoms with Crippen LogP contribution in [0.2, 0.25) is 0 Å². The number of carbonyl (C=O) groups is 1. The number of methoxy groups -OCH3 is 1. The summed E-state index contributed by atoms with van der Waals surface area (Å²) in [5, 5.41) is 0. The van der Waals surface area contributed by atoms with Gasteiger partial charge >= 0.3 is 5.97 Å². The quantitative estimate of drug-likeness (QED) is 0.511. The van der Waals surface area contributed by atoms with Crippen LogP contribution in [0.3, 0.4) is 0 Å². The second kappa shape index (κ2) is 3.47. The van der Waals surface area contributed by atoms with Crippen LogP contribution in [-0.4, -0.2) is 13.0 Å². The van der Waals surface area contributed by atoms with Crippen molar-refractivity contribution >= 4 is 5.97 Å². The average molecular weight is 119 g/mol. The van der Waals surface area contributed by atoms with Crippen LogP contribution in [-0.2, 0) is 9.53 Å². The lowest BCUT2D eigenvalue weighted by molar-refractivity contribution is -0.144.